The maximum atomic E-state index is 12.3. The van der Waals surface area contributed by atoms with E-state index < -0.39 is 0 Å². The highest BCUT2D eigenvalue weighted by atomic mass is 16.5. The molecule has 0 spiro atoms. The number of carbonyl (C=O) groups is 1. The average molecular weight is 268 g/mol. The van der Waals surface area contributed by atoms with Gasteiger partial charge in [-0.25, -0.2) is 0 Å². The van der Waals surface area contributed by atoms with E-state index in [1.807, 2.05) is 35.2 Å². The minimum atomic E-state index is 0.0477. The molecule has 1 amide bonds. The molecular weight excluding hydrogens is 252 g/mol. The van der Waals surface area contributed by atoms with Gasteiger partial charge in [0.25, 0.3) is 5.91 Å². The van der Waals surface area contributed by atoms with Crippen molar-refractivity contribution in [2.45, 2.75) is 12.5 Å². The lowest BCUT2D eigenvalue weighted by molar-refractivity contribution is 0.0772. The fraction of sp³-hybridized carbons (Fsp3) is 0.250. The molecular formula is C16H16N2O2. The Balaban J connectivity index is 1.61. The number of carbonyl (C=O) groups excluding carboxylic acids is 1. The summed E-state index contributed by atoms with van der Waals surface area (Å²) in [4.78, 5) is 18.1. The Labute approximate surface area is 118 Å². The van der Waals surface area contributed by atoms with Gasteiger partial charge in [0.1, 0.15) is 11.9 Å². The van der Waals surface area contributed by atoms with Crippen molar-refractivity contribution in [2.24, 2.45) is 0 Å². The molecule has 0 bridgehead atoms. The van der Waals surface area contributed by atoms with Crippen LogP contribution in [0.2, 0.25) is 0 Å². The third-order valence-electron chi connectivity index (χ3n) is 3.41. The van der Waals surface area contributed by atoms with Crippen LogP contribution in [0.5, 0.6) is 5.75 Å². The van der Waals surface area contributed by atoms with Crippen molar-refractivity contribution in [1.29, 1.82) is 0 Å². The zero-order chi connectivity index (χ0) is 13.8. The van der Waals surface area contributed by atoms with Gasteiger partial charge >= 0.3 is 0 Å². The normalized spacial score (nSPS) is 18.0. The summed E-state index contributed by atoms with van der Waals surface area (Å²) in [7, 11) is 0. The van der Waals surface area contributed by atoms with Crippen LogP contribution in [0, 0.1) is 0 Å². The fourth-order valence-electron chi connectivity index (χ4n) is 2.38. The van der Waals surface area contributed by atoms with E-state index in [1.54, 1.807) is 24.5 Å². The van der Waals surface area contributed by atoms with Gasteiger partial charge in [-0.05, 0) is 24.3 Å². The Morgan fingerprint density at radius 3 is 2.65 bits per heavy atom. The smallest absolute Gasteiger partial charge is 0.254 e. The van der Waals surface area contributed by atoms with Gasteiger partial charge in [-0.1, -0.05) is 18.2 Å². The third kappa shape index (κ3) is 2.79. The summed E-state index contributed by atoms with van der Waals surface area (Å²) in [5.41, 5.74) is 0.681. The fourth-order valence-corrected chi connectivity index (χ4v) is 2.38. The molecule has 1 aromatic heterocycles. The zero-order valence-corrected chi connectivity index (χ0v) is 11.1. The second-order valence-electron chi connectivity index (χ2n) is 4.83. The molecule has 1 fully saturated rings. The van der Waals surface area contributed by atoms with Crippen LogP contribution in [0.3, 0.4) is 0 Å². The number of para-hydroxylation sites is 1. The second-order valence-corrected chi connectivity index (χ2v) is 4.83. The summed E-state index contributed by atoms with van der Waals surface area (Å²) in [6.45, 7) is 1.37. The number of ether oxygens (including phenoxy) is 1. The van der Waals surface area contributed by atoms with Crippen LogP contribution < -0.4 is 4.74 Å². The molecule has 1 atom stereocenters. The van der Waals surface area contributed by atoms with Crippen LogP contribution in [0.4, 0.5) is 0 Å². The highest BCUT2D eigenvalue weighted by molar-refractivity contribution is 5.94. The molecule has 1 saturated heterocycles. The Bertz CT molecular complexity index is 572. The lowest BCUT2D eigenvalue weighted by atomic mass is 10.2. The largest absolute Gasteiger partial charge is 0.489 e. The first-order valence-corrected chi connectivity index (χ1v) is 6.74. The van der Waals surface area contributed by atoms with Crippen LogP contribution in [-0.4, -0.2) is 35.0 Å². The number of hydrogen-bond donors (Lipinski definition) is 0. The molecule has 1 aliphatic heterocycles. The molecule has 2 heterocycles. The number of likely N-dealkylation sites (tertiary alicyclic amines) is 1. The van der Waals surface area contributed by atoms with E-state index in [0.29, 0.717) is 12.1 Å². The van der Waals surface area contributed by atoms with Gasteiger partial charge in [-0.15, -0.1) is 0 Å². The van der Waals surface area contributed by atoms with E-state index in [-0.39, 0.29) is 12.0 Å². The van der Waals surface area contributed by atoms with Gasteiger partial charge in [0.05, 0.1) is 6.54 Å². The standard InChI is InChI=1S/C16H16N2O2/c19-16(13-6-9-17-10-7-13)18-11-8-15(12-18)20-14-4-2-1-3-5-14/h1-7,9-10,15H,8,11-12H2. The first-order chi connectivity index (χ1) is 9.83. The van der Waals surface area contributed by atoms with Crippen molar-refractivity contribution in [1.82, 2.24) is 9.88 Å². The lowest BCUT2D eigenvalue weighted by Crippen LogP contribution is -2.30. The molecule has 4 nitrogen and oxygen atoms in total. The quantitative estimate of drug-likeness (QED) is 0.858. The number of rotatable bonds is 3. The van der Waals surface area contributed by atoms with E-state index >= 15 is 0 Å². The molecule has 2 aromatic rings. The molecule has 0 N–H and O–H groups in total. The van der Waals surface area contributed by atoms with Gasteiger partial charge in [0.15, 0.2) is 0 Å². The van der Waals surface area contributed by atoms with Gasteiger partial charge in [0.2, 0.25) is 0 Å². The van der Waals surface area contributed by atoms with E-state index in [0.717, 1.165) is 18.7 Å². The van der Waals surface area contributed by atoms with E-state index in [1.165, 1.54) is 0 Å². The molecule has 3 rings (SSSR count). The highest BCUT2D eigenvalue weighted by Gasteiger charge is 2.28. The molecule has 0 saturated carbocycles. The molecule has 4 heteroatoms. The average Bonchev–Trinajstić information content (AvgIpc) is 2.97. The van der Waals surface area contributed by atoms with E-state index in [9.17, 15) is 4.79 Å². The topological polar surface area (TPSA) is 42.4 Å². The Kier molecular flexibility index (Phi) is 3.63. The van der Waals surface area contributed by atoms with Crippen LogP contribution in [-0.2, 0) is 0 Å². The summed E-state index contributed by atoms with van der Waals surface area (Å²) in [6.07, 6.45) is 4.22. The number of aromatic nitrogens is 1. The minimum Gasteiger partial charge on any atom is -0.489 e. The maximum Gasteiger partial charge on any atom is 0.254 e. The Hall–Kier alpha value is -2.36. The van der Waals surface area contributed by atoms with Crippen molar-refractivity contribution in [3.05, 3.63) is 60.4 Å². The second kappa shape index (κ2) is 5.74. The minimum absolute atomic E-state index is 0.0477. The van der Waals surface area contributed by atoms with Crippen molar-refractivity contribution in [3.63, 3.8) is 0 Å². The summed E-state index contributed by atoms with van der Waals surface area (Å²) < 4.78 is 5.89. The SMILES string of the molecule is O=C(c1ccncc1)N1CCC(Oc2ccccc2)C1. The third-order valence-corrected chi connectivity index (χ3v) is 3.41. The number of hydrogen-bond acceptors (Lipinski definition) is 3. The van der Waals surface area contributed by atoms with E-state index in [4.69, 9.17) is 4.74 Å². The summed E-state index contributed by atoms with van der Waals surface area (Å²) in [6, 6.07) is 13.2. The lowest BCUT2D eigenvalue weighted by Gasteiger charge is -2.17. The van der Waals surface area contributed by atoms with Crippen LogP contribution >= 0.6 is 0 Å². The van der Waals surface area contributed by atoms with E-state index in [2.05, 4.69) is 4.98 Å². The van der Waals surface area contributed by atoms with Crippen LogP contribution in [0.15, 0.2) is 54.9 Å². The summed E-state index contributed by atoms with van der Waals surface area (Å²) in [5.74, 6) is 0.905. The number of benzene rings is 1. The maximum absolute atomic E-state index is 12.3. The van der Waals surface area contributed by atoms with Crippen molar-refractivity contribution < 1.29 is 9.53 Å². The number of amides is 1. The van der Waals surface area contributed by atoms with Crippen LogP contribution in [0.25, 0.3) is 0 Å². The molecule has 1 aliphatic rings. The number of pyridine rings is 1. The van der Waals surface area contributed by atoms with Gasteiger partial charge in [-0.3, -0.25) is 9.78 Å². The summed E-state index contributed by atoms with van der Waals surface area (Å²) in [5, 5.41) is 0. The molecule has 1 unspecified atom stereocenters. The first kappa shape index (κ1) is 12.7. The highest BCUT2D eigenvalue weighted by Crippen LogP contribution is 2.19. The van der Waals surface area contributed by atoms with Crippen molar-refractivity contribution in [3.8, 4) is 5.75 Å². The first-order valence-electron chi connectivity index (χ1n) is 6.74. The molecule has 102 valence electrons. The Morgan fingerprint density at radius 2 is 1.90 bits per heavy atom. The van der Waals surface area contributed by atoms with Crippen molar-refractivity contribution in [2.75, 3.05) is 13.1 Å². The van der Waals surface area contributed by atoms with Gasteiger partial charge in [0, 0.05) is 30.9 Å². The van der Waals surface area contributed by atoms with Crippen molar-refractivity contribution >= 4 is 5.91 Å². The predicted octanol–water partition coefficient (Wildman–Crippen LogP) is 2.38. The molecule has 1 aromatic carbocycles. The van der Waals surface area contributed by atoms with Gasteiger partial charge in [-0.2, -0.15) is 0 Å². The monoisotopic (exact) mass is 268 g/mol. The number of nitrogens with zero attached hydrogens (tertiary/aromatic N) is 2. The Morgan fingerprint density at radius 1 is 1.15 bits per heavy atom. The predicted molar refractivity (Wildman–Crippen MR) is 75.6 cm³/mol. The van der Waals surface area contributed by atoms with Crippen LogP contribution in [0.1, 0.15) is 16.8 Å². The molecule has 20 heavy (non-hydrogen) atoms. The molecule has 0 aliphatic carbocycles. The van der Waals surface area contributed by atoms with Gasteiger partial charge < -0.3 is 9.64 Å². The zero-order valence-electron chi connectivity index (χ0n) is 11.1. The molecule has 0 radical (unpaired) electrons. The summed E-state index contributed by atoms with van der Waals surface area (Å²) >= 11 is 0.